The normalized spacial score (nSPS) is 17.5. The Morgan fingerprint density at radius 3 is 2.41 bits per heavy atom. The van der Waals surface area contributed by atoms with Gasteiger partial charge in [-0.3, -0.25) is 0 Å². The molecule has 122 valence electrons. The fourth-order valence-electron chi connectivity index (χ4n) is 3.16. The van der Waals surface area contributed by atoms with E-state index in [0.29, 0.717) is 6.04 Å². The molecular weight excluding hydrogens is 276 g/mol. The van der Waals surface area contributed by atoms with Crippen LogP contribution in [0.2, 0.25) is 0 Å². The van der Waals surface area contributed by atoms with E-state index in [-0.39, 0.29) is 17.8 Å². The summed E-state index contributed by atoms with van der Waals surface area (Å²) in [4.78, 5) is 14.3. The van der Waals surface area contributed by atoms with Crippen LogP contribution in [0.1, 0.15) is 51.0 Å². The molecule has 1 unspecified atom stereocenters. The minimum Gasteiger partial charge on any atom is -0.508 e. The summed E-state index contributed by atoms with van der Waals surface area (Å²) in [6.45, 7) is 2.02. The van der Waals surface area contributed by atoms with E-state index in [1.54, 1.807) is 12.1 Å². The molecule has 0 spiro atoms. The SMILES string of the molecule is CC(Cc1ccc(O)cc1)NC(=O)N(C)C1CCCCCC1. The number of aromatic hydroxyl groups is 1. The first-order valence-corrected chi connectivity index (χ1v) is 8.37. The van der Waals surface area contributed by atoms with Crippen LogP contribution in [0.15, 0.2) is 24.3 Å². The third kappa shape index (κ3) is 4.93. The summed E-state index contributed by atoms with van der Waals surface area (Å²) in [6.07, 6.45) is 8.06. The van der Waals surface area contributed by atoms with E-state index in [2.05, 4.69) is 5.32 Å². The Morgan fingerprint density at radius 1 is 1.23 bits per heavy atom. The topological polar surface area (TPSA) is 52.6 Å². The van der Waals surface area contributed by atoms with Gasteiger partial charge in [0.2, 0.25) is 0 Å². The summed E-state index contributed by atoms with van der Waals surface area (Å²) < 4.78 is 0. The Morgan fingerprint density at radius 2 is 1.82 bits per heavy atom. The molecular formula is C18H28N2O2. The number of phenolic OH excluding ortho intramolecular Hbond substituents is 1. The van der Waals surface area contributed by atoms with E-state index in [0.717, 1.165) is 24.8 Å². The molecule has 1 aliphatic carbocycles. The van der Waals surface area contributed by atoms with Crippen LogP contribution in [0.4, 0.5) is 4.79 Å². The quantitative estimate of drug-likeness (QED) is 0.834. The first-order chi connectivity index (χ1) is 10.6. The molecule has 1 atom stereocenters. The van der Waals surface area contributed by atoms with Crippen LogP contribution < -0.4 is 5.32 Å². The van der Waals surface area contributed by atoms with Crippen molar-refractivity contribution >= 4 is 6.03 Å². The Hall–Kier alpha value is -1.71. The van der Waals surface area contributed by atoms with Crippen molar-refractivity contribution in [2.45, 2.75) is 64.0 Å². The first kappa shape index (κ1) is 16.7. The summed E-state index contributed by atoms with van der Waals surface area (Å²) >= 11 is 0. The number of phenols is 1. The van der Waals surface area contributed by atoms with Crippen molar-refractivity contribution in [1.29, 1.82) is 0 Å². The Balaban J connectivity index is 1.83. The lowest BCUT2D eigenvalue weighted by Crippen LogP contribution is -2.47. The third-order valence-electron chi connectivity index (χ3n) is 4.54. The van der Waals surface area contributed by atoms with Crippen molar-refractivity contribution in [3.05, 3.63) is 29.8 Å². The van der Waals surface area contributed by atoms with Gasteiger partial charge in [0.15, 0.2) is 0 Å². The maximum absolute atomic E-state index is 12.4. The lowest BCUT2D eigenvalue weighted by atomic mass is 10.1. The van der Waals surface area contributed by atoms with E-state index < -0.39 is 0 Å². The molecule has 2 rings (SSSR count). The molecule has 0 aliphatic heterocycles. The maximum atomic E-state index is 12.4. The van der Waals surface area contributed by atoms with Crippen molar-refractivity contribution in [3.63, 3.8) is 0 Å². The lowest BCUT2D eigenvalue weighted by Gasteiger charge is -2.29. The van der Waals surface area contributed by atoms with Crippen LogP contribution in [0.5, 0.6) is 5.75 Å². The molecule has 0 radical (unpaired) electrons. The summed E-state index contributed by atoms with van der Waals surface area (Å²) in [6, 6.07) is 7.63. The molecule has 0 saturated heterocycles. The molecule has 1 aliphatic rings. The molecule has 2 amide bonds. The number of urea groups is 1. The van der Waals surface area contributed by atoms with Gasteiger partial charge in [0.1, 0.15) is 5.75 Å². The molecule has 1 fully saturated rings. The van der Waals surface area contributed by atoms with Gasteiger partial charge in [0.25, 0.3) is 0 Å². The predicted molar refractivity (Wildman–Crippen MR) is 89.1 cm³/mol. The van der Waals surface area contributed by atoms with Gasteiger partial charge in [-0.1, -0.05) is 37.8 Å². The molecule has 4 heteroatoms. The van der Waals surface area contributed by atoms with Gasteiger partial charge >= 0.3 is 6.03 Å². The monoisotopic (exact) mass is 304 g/mol. The average Bonchev–Trinajstić information content (AvgIpc) is 2.78. The second-order valence-corrected chi connectivity index (χ2v) is 6.48. The van der Waals surface area contributed by atoms with E-state index in [4.69, 9.17) is 0 Å². The highest BCUT2D eigenvalue weighted by atomic mass is 16.3. The highest BCUT2D eigenvalue weighted by Gasteiger charge is 2.22. The number of rotatable bonds is 4. The van der Waals surface area contributed by atoms with Gasteiger partial charge < -0.3 is 15.3 Å². The van der Waals surface area contributed by atoms with Crippen LogP contribution >= 0.6 is 0 Å². The van der Waals surface area contributed by atoms with E-state index in [1.807, 2.05) is 31.0 Å². The van der Waals surface area contributed by atoms with Gasteiger partial charge in [-0.15, -0.1) is 0 Å². The van der Waals surface area contributed by atoms with Gasteiger partial charge in [-0.05, 0) is 43.9 Å². The van der Waals surface area contributed by atoms with Crippen molar-refractivity contribution in [3.8, 4) is 5.75 Å². The number of hydrogen-bond acceptors (Lipinski definition) is 2. The second kappa shape index (κ2) is 8.06. The number of nitrogens with zero attached hydrogens (tertiary/aromatic N) is 1. The average molecular weight is 304 g/mol. The first-order valence-electron chi connectivity index (χ1n) is 8.37. The minimum atomic E-state index is 0.0261. The van der Waals surface area contributed by atoms with Crippen LogP contribution in [0.25, 0.3) is 0 Å². The second-order valence-electron chi connectivity index (χ2n) is 6.48. The number of amides is 2. The van der Waals surface area contributed by atoms with E-state index in [9.17, 15) is 9.90 Å². The number of carbonyl (C=O) groups excluding carboxylic acids is 1. The van der Waals surface area contributed by atoms with Crippen molar-refractivity contribution < 1.29 is 9.90 Å². The Labute approximate surface area is 133 Å². The van der Waals surface area contributed by atoms with Crippen molar-refractivity contribution in [1.82, 2.24) is 10.2 Å². The van der Waals surface area contributed by atoms with Gasteiger partial charge in [-0.2, -0.15) is 0 Å². The van der Waals surface area contributed by atoms with Gasteiger partial charge in [-0.25, -0.2) is 4.79 Å². The highest BCUT2D eigenvalue weighted by Crippen LogP contribution is 2.21. The van der Waals surface area contributed by atoms with Gasteiger partial charge in [0.05, 0.1) is 0 Å². The lowest BCUT2D eigenvalue weighted by molar-refractivity contribution is 0.181. The molecule has 1 aromatic rings. The highest BCUT2D eigenvalue weighted by molar-refractivity contribution is 5.74. The summed E-state index contributed by atoms with van der Waals surface area (Å²) in [5.41, 5.74) is 1.11. The third-order valence-corrected chi connectivity index (χ3v) is 4.54. The maximum Gasteiger partial charge on any atom is 0.317 e. The molecule has 0 bridgehead atoms. The fourth-order valence-corrected chi connectivity index (χ4v) is 3.16. The van der Waals surface area contributed by atoms with Gasteiger partial charge in [0, 0.05) is 19.1 Å². The standard InChI is InChI=1S/C18H28N2O2/c1-14(13-15-9-11-17(21)12-10-15)19-18(22)20(2)16-7-5-3-4-6-8-16/h9-12,14,16,21H,3-8,13H2,1-2H3,(H,19,22). The molecule has 4 nitrogen and oxygen atoms in total. The zero-order valence-corrected chi connectivity index (χ0v) is 13.7. The zero-order chi connectivity index (χ0) is 15.9. The van der Waals surface area contributed by atoms with Crippen molar-refractivity contribution in [2.24, 2.45) is 0 Å². The fraction of sp³-hybridized carbons (Fsp3) is 0.611. The van der Waals surface area contributed by atoms with E-state index in [1.165, 1.54) is 25.7 Å². The van der Waals surface area contributed by atoms with Crippen LogP contribution in [-0.2, 0) is 6.42 Å². The van der Waals surface area contributed by atoms with Crippen molar-refractivity contribution in [2.75, 3.05) is 7.05 Å². The molecule has 1 saturated carbocycles. The molecule has 0 aromatic heterocycles. The molecule has 0 heterocycles. The minimum absolute atomic E-state index is 0.0261. The summed E-state index contributed by atoms with van der Waals surface area (Å²) in [7, 11) is 1.92. The number of benzene rings is 1. The number of hydrogen-bond donors (Lipinski definition) is 2. The summed E-state index contributed by atoms with van der Waals surface area (Å²) in [5, 5.41) is 12.4. The smallest absolute Gasteiger partial charge is 0.317 e. The predicted octanol–water partition coefficient (Wildman–Crippen LogP) is 3.69. The van der Waals surface area contributed by atoms with Crippen LogP contribution in [-0.4, -0.2) is 35.2 Å². The van der Waals surface area contributed by atoms with Crippen LogP contribution in [0.3, 0.4) is 0 Å². The molecule has 2 N–H and O–H groups in total. The Bertz CT molecular complexity index is 464. The molecule has 22 heavy (non-hydrogen) atoms. The van der Waals surface area contributed by atoms with E-state index >= 15 is 0 Å². The van der Waals surface area contributed by atoms with Crippen LogP contribution in [0, 0.1) is 0 Å². The molecule has 1 aromatic carbocycles. The number of carbonyl (C=O) groups is 1. The Kier molecular flexibility index (Phi) is 6.10. The zero-order valence-electron chi connectivity index (χ0n) is 13.7. The largest absolute Gasteiger partial charge is 0.508 e. The number of nitrogens with one attached hydrogen (secondary N) is 1. The summed E-state index contributed by atoms with van der Waals surface area (Å²) in [5.74, 6) is 0.272.